The number of guanidine groups is 2. The van der Waals surface area contributed by atoms with E-state index in [-0.39, 0.29) is 28.3 Å². The van der Waals surface area contributed by atoms with Gasteiger partial charge in [0.05, 0.1) is 16.4 Å². The lowest BCUT2D eigenvalue weighted by atomic mass is 10.2. The summed E-state index contributed by atoms with van der Waals surface area (Å²) < 4.78 is 64.5. The summed E-state index contributed by atoms with van der Waals surface area (Å²) in [6, 6.07) is 1.91. The first kappa shape index (κ1) is 19.9. The highest BCUT2D eigenvalue weighted by Crippen LogP contribution is 2.36. The van der Waals surface area contributed by atoms with Crippen LogP contribution in [0, 0.1) is 0 Å². The summed E-state index contributed by atoms with van der Waals surface area (Å²) in [5.74, 6) is -0.761. The van der Waals surface area contributed by atoms with Crippen molar-refractivity contribution in [2.45, 2.75) is 25.0 Å². The van der Waals surface area contributed by atoms with Gasteiger partial charge in [0.25, 0.3) is 0 Å². The highest BCUT2D eigenvalue weighted by molar-refractivity contribution is 7.88. The van der Waals surface area contributed by atoms with E-state index in [2.05, 4.69) is 24.8 Å². The van der Waals surface area contributed by atoms with Crippen molar-refractivity contribution in [2.75, 3.05) is 11.1 Å². The third kappa shape index (κ3) is 4.40. The molecule has 9 nitrogen and oxygen atoms in total. The molecular weight excluding hydrogens is 401 g/mol. The normalized spacial score (nSPS) is 17.0. The van der Waals surface area contributed by atoms with E-state index in [1.807, 2.05) is 0 Å². The number of alkyl halides is 3. The molecule has 2 rings (SSSR count). The van der Waals surface area contributed by atoms with Gasteiger partial charge in [-0.3, -0.25) is 5.32 Å². The van der Waals surface area contributed by atoms with Crippen LogP contribution in [0.3, 0.4) is 0 Å². The second-order valence-electron chi connectivity index (χ2n) is 5.55. The van der Waals surface area contributed by atoms with Crippen LogP contribution in [0.2, 0.25) is 5.02 Å². The molecule has 0 saturated heterocycles. The van der Waals surface area contributed by atoms with Crippen LogP contribution in [0.5, 0.6) is 5.75 Å². The van der Waals surface area contributed by atoms with Crippen LogP contribution in [0.15, 0.2) is 22.1 Å². The molecule has 1 aliphatic heterocycles. The van der Waals surface area contributed by atoms with Gasteiger partial charge >= 0.3 is 15.6 Å². The number of nitrogens with two attached hydrogens (primary N) is 2. The Morgan fingerprint density at radius 3 is 2.42 bits per heavy atom. The standard InChI is InChI=1S/C12H14ClF3N6O3S/c1-11(2)21-9(18)20-10(22-11)19-7-4-6(17)5(13)3-8(7)25-26(23,24)12(14,15)16/h3-4H,17H2,1-2H3,(H4,18,19,20,21,22). The molecule has 0 atom stereocenters. The molecule has 26 heavy (non-hydrogen) atoms. The van der Waals surface area contributed by atoms with Gasteiger partial charge in [0.2, 0.25) is 5.96 Å². The van der Waals surface area contributed by atoms with Crippen LogP contribution in [0.1, 0.15) is 13.8 Å². The first-order valence-corrected chi connectivity index (χ1v) is 8.58. The van der Waals surface area contributed by atoms with Crippen molar-refractivity contribution in [3.63, 3.8) is 0 Å². The molecule has 0 aromatic heterocycles. The van der Waals surface area contributed by atoms with Crippen LogP contribution in [0.4, 0.5) is 24.5 Å². The summed E-state index contributed by atoms with van der Waals surface area (Å²) in [7, 11) is -5.93. The molecule has 0 radical (unpaired) electrons. The predicted octanol–water partition coefficient (Wildman–Crippen LogP) is 1.57. The number of nitrogens with one attached hydrogen (secondary N) is 2. The summed E-state index contributed by atoms with van der Waals surface area (Å²) in [4.78, 5) is 8.11. The highest BCUT2D eigenvalue weighted by atomic mass is 35.5. The van der Waals surface area contributed by atoms with Gasteiger partial charge in [-0.25, -0.2) is 9.98 Å². The van der Waals surface area contributed by atoms with E-state index in [0.717, 1.165) is 12.1 Å². The number of nitrogens with zero attached hydrogens (tertiary/aromatic N) is 2. The Morgan fingerprint density at radius 2 is 1.88 bits per heavy atom. The Labute approximate surface area is 151 Å². The van der Waals surface area contributed by atoms with Crippen molar-refractivity contribution >= 4 is 45.0 Å². The topological polar surface area (TPSA) is 144 Å². The molecule has 1 aromatic rings. The minimum atomic E-state index is -5.93. The van der Waals surface area contributed by atoms with E-state index < -0.39 is 27.0 Å². The summed E-state index contributed by atoms with van der Waals surface area (Å²) in [5.41, 5.74) is 4.35. The molecule has 0 fully saturated rings. The molecular formula is C12H14ClF3N6O3S. The molecule has 0 unspecified atom stereocenters. The molecule has 0 saturated carbocycles. The SMILES string of the molecule is CC1(C)N=C(N)NC(Nc2cc(N)c(Cl)cc2OS(=O)(=O)C(F)(F)F)=N1. The number of halogens is 4. The third-order valence-corrected chi connectivity index (χ3v) is 4.15. The van der Waals surface area contributed by atoms with E-state index in [1.54, 1.807) is 13.8 Å². The van der Waals surface area contributed by atoms with E-state index in [9.17, 15) is 21.6 Å². The first-order valence-electron chi connectivity index (χ1n) is 6.79. The smallest absolute Gasteiger partial charge is 0.397 e. The Bertz CT molecular complexity index is 898. The maximum Gasteiger partial charge on any atom is 0.534 e. The predicted molar refractivity (Wildman–Crippen MR) is 91.4 cm³/mol. The minimum Gasteiger partial charge on any atom is -0.397 e. The Hall–Kier alpha value is -2.41. The number of hydrogen-bond donors (Lipinski definition) is 4. The van der Waals surface area contributed by atoms with Crippen molar-refractivity contribution in [3.8, 4) is 5.75 Å². The molecule has 14 heteroatoms. The van der Waals surface area contributed by atoms with Crippen LogP contribution >= 0.6 is 11.6 Å². The van der Waals surface area contributed by atoms with Gasteiger partial charge in [0.1, 0.15) is 0 Å². The molecule has 6 N–H and O–H groups in total. The van der Waals surface area contributed by atoms with Gasteiger partial charge in [0.15, 0.2) is 17.4 Å². The maximum absolute atomic E-state index is 12.6. The number of rotatable bonds is 3. The molecule has 0 amide bonds. The lowest BCUT2D eigenvalue weighted by Gasteiger charge is -2.25. The van der Waals surface area contributed by atoms with Gasteiger partial charge in [-0.1, -0.05) is 11.6 Å². The second kappa shape index (κ2) is 6.39. The number of hydrogen-bond acceptors (Lipinski definition) is 9. The summed E-state index contributed by atoms with van der Waals surface area (Å²) in [5, 5.41) is 4.89. The number of benzene rings is 1. The molecule has 1 aromatic carbocycles. The summed E-state index contributed by atoms with van der Waals surface area (Å²) >= 11 is 5.75. The van der Waals surface area contributed by atoms with E-state index in [1.165, 1.54) is 0 Å². The van der Waals surface area contributed by atoms with Gasteiger partial charge in [-0.05, 0) is 19.9 Å². The van der Waals surface area contributed by atoms with Crippen molar-refractivity contribution in [1.29, 1.82) is 0 Å². The maximum atomic E-state index is 12.6. The Morgan fingerprint density at radius 1 is 1.27 bits per heavy atom. The zero-order valence-corrected chi connectivity index (χ0v) is 14.9. The summed E-state index contributed by atoms with van der Waals surface area (Å²) in [6.07, 6.45) is 0. The van der Waals surface area contributed by atoms with E-state index in [4.69, 9.17) is 23.1 Å². The van der Waals surface area contributed by atoms with E-state index >= 15 is 0 Å². The largest absolute Gasteiger partial charge is 0.534 e. The molecule has 0 bridgehead atoms. The molecule has 0 aliphatic carbocycles. The van der Waals surface area contributed by atoms with Crippen molar-refractivity contribution in [1.82, 2.24) is 5.32 Å². The first-order chi connectivity index (χ1) is 11.7. The van der Waals surface area contributed by atoms with Gasteiger partial charge in [-0.2, -0.15) is 21.6 Å². The average Bonchev–Trinajstić information content (AvgIpc) is 2.40. The van der Waals surface area contributed by atoms with Crippen LogP contribution in [0.25, 0.3) is 0 Å². The zero-order chi connectivity index (χ0) is 19.9. The fraction of sp³-hybridized carbons (Fsp3) is 0.333. The fourth-order valence-electron chi connectivity index (χ4n) is 1.86. The molecule has 1 aliphatic rings. The fourth-order valence-corrected chi connectivity index (χ4v) is 2.48. The Kier molecular flexibility index (Phi) is 4.89. The third-order valence-electron chi connectivity index (χ3n) is 2.86. The number of aliphatic imine (C=N–C) groups is 2. The van der Waals surface area contributed by atoms with Gasteiger partial charge < -0.3 is 21.0 Å². The quantitative estimate of drug-likeness (QED) is 0.334. The van der Waals surface area contributed by atoms with Crippen molar-refractivity contribution in [2.24, 2.45) is 15.7 Å². The lowest BCUT2D eigenvalue weighted by molar-refractivity contribution is -0.0499. The van der Waals surface area contributed by atoms with Gasteiger partial charge in [-0.15, -0.1) is 0 Å². The summed E-state index contributed by atoms with van der Waals surface area (Å²) in [6.45, 7) is 3.23. The minimum absolute atomic E-state index is 0.0141. The van der Waals surface area contributed by atoms with Crippen molar-refractivity contribution < 1.29 is 25.8 Å². The number of nitrogen functional groups attached to an aromatic ring is 1. The zero-order valence-electron chi connectivity index (χ0n) is 13.3. The van der Waals surface area contributed by atoms with Gasteiger partial charge in [0, 0.05) is 6.07 Å². The van der Waals surface area contributed by atoms with Crippen LogP contribution in [-0.4, -0.2) is 31.5 Å². The molecule has 1 heterocycles. The lowest BCUT2D eigenvalue weighted by Crippen LogP contribution is -2.47. The van der Waals surface area contributed by atoms with Crippen LogP contribution in [-0.2, 0) is 10.1 Å². The van der Waals surface area contributed by atoms with E-state index in [0.29, 0.717) is 0 Å². The molecule has 0 spiro atoms. The highest BCUT2D eigenvalue weighted by Gasteiger charge is 2.49. The Balaban J connectivity index is 2.43. The monoisotopic (exact) mass is 414 g/mol. The number of anilines is 2. The molecule has 144 valence electrons. The van der Waals surface area contributed by atoms with Crippen molar-refractivity contribution in [3.05, 3.63) is 17.2 Å². The average molecular weight is 415 g/mol. The van der Waals surface area contributed by atoms with Crippen LogP contribution < -0.4 is 26.3 Å². The second-order valence-corrected chi connectivity index (χ2v) is 7.50.